The van der Waals surface area contributed by atoms with Crippen molar-refractivity contribution >= 4 is 13.6 Å². The van der Waals surface area contributed by atoms with Crippen molar-refractivity contribution in [3.63, 3.8) is 0 Å². The standard InChI is InChI=1S/C13H16N.BrH.Zn/c1-3-10-14(11-4-2)12-13-8-6-5-7-9-13;;/h1,3-9H,2,10-12H2;1H;/q-1;;+2/p-1. The second-order valence-electron chi connectivity index (χ2n) is 3.20. The Bertz CT molecular complexity index is 277. The summed E-state index contributed by atoms with van der Waals surface area (Å²) in [6.07, 6.45) is 3.57. The van der Waals surface area contributed by atoms with Gasteiger partial charge in [-0.05, 0) is 12.1 Å². The molecule has 0 aromatic heterocycles. The number of hydrogen-bond acceptors (Lipinski definition) is 1. The van der Waals surface area contributed by atoms with Crippen molar-refractivity contribution in [1.29, 1.82) is 0 Å². The molecule has 0 amide bonds. The van der Waals surface area contributed by atoms with Crippen LogP contribution in [0.25, 0.3) is 0 Å². The minimum absolute atomic E-state index is 0.793. The van der Waals surface area contributed by atoms with Crippen molar-refractivity contribution < 1.29 is 16.3 Å². The molecule has 0 saturated carbocycles. The quantitative estimate of drug-likeness (QED) is 0.438. The van der Waals surface area contributed by atoms with Crippen molar-refractivity contribution in [2.75, 3.05) is 13.1 Å². The van der Waals surface area contributed by atoms with Crippen LogP contribution in [0, 0.1) is 6.58 Å². The van der Waals surface area contributed by atoms with E-state index >= 15 is 0 Å². The number of benzene rings is 1. The van der Waals surface area contributed by atoms with Crippen LogP contribution in [0.1, 0.15) is 5.56 Å². The third-order valence-corrected chi connectivity index (χ3v) is 2.00. The third-order valence-electron chi connectivity index (χ3n) is 2.00. The fourth-order valence-corrected chi connectivity index (χ4v) is 1.38. The zero-order valence-electron chi connectivity index (χ0n) is 9.48. The van der Waals surface area contributed by atoms with Crippen LogP contribution in [0.15, 0.2) is 49.1 Å². The van der Waals surface area contributed by atoms with Gasteiger partial charge in [0.2, 0.25) is 0 Å². The van der Waals surface area contributed by atoms with E-state index in [9.17, 15) is 0 Å². The maximum atomic E-state index is 5.41. The summed E-state index contributed by atoms with van der Waals surface area (Å²) in [7, 11) is 0. The first-order valence-corrected chi connectivity index (χ1v) is 12.0. The molecule has 82 valence electrons. The molecule has 3 heteroatoms. The Balaban J connectivity index is 0.00000106. The molecule has 0 aliphatic rings. The van der Waals surface area contributed by atoms with Gasteiger partial charge in [-0.25, -0.2) is 0 Å². The van der Waals surface area contributed by atoms with Gasteiger partial charge in [-0.15, -0.1) is 6.58 Å². The summed E-state index contributed by atoms with van der Waals surface area (Å²) in [4.78, 5) is 2.22. The van der Waals surface area contributed by atoms with Gasteiger partial charge in [0.25, 0.3) is 0 Å². The molecule has 16 heavy (non-hydrogen) atoms. The van der Waals surface area contributed by atoms with Gasteiger partial charge in [0.15, 0.2) is 0 Å². The summed E-state index contributed by atoms with van der Waals surface area (Å²) in [5.41, 5.74) is 1.30. The van der Waals surface area contributed by atoms with Crippen molar-refractivity contribution in [1.82, 2.24) is 4.90 Å². The monoisotopic (exact) mass is 329 g/mol. The first kappa shape index (κ1) is 15.8. The van der Waals surface area contributed by atoms with Crippen molar-refractivity contribution in [2.45, 2.75) is 6.54 Å². The van der Waals surface area contributed by atoms with Crippen LogP contribution in [-0.2, 0) is 22.9 Å². The minimum atomic E-state index is 0.793. The summed E-state index contributed by atoms with van der Waals surface area (Å²) in [6.45, 7) is 11.7. The topological polar surface area (TPSA) is 3.24 Å². The van der Waals surface area contributed by atoms with Gasteiger partial charge in [0, 0.05) is 13.1 Å². The van der Waals surface area contributed by atoms with Crippen LogP contribution >= 0.6 is 13.6 Å². The molecule has 0 bridgehead atoms. The molecule has 0 unspecified atom stereocenters. The average Bonchev–Trinajstić information content (AvgIpc) is 2.34. The van der Waals surface area contributed by atoms with E-state index in [-0.39, 0.29) is 0 Å². The first-order valence-electron chi connectivity index (χ1n) is 5.04. The molecular weight excluding hydrogens is 315 g/mol. The van der Waals surface area contributed by atoms with E-state index in [2.05, 4.69) is 37.2 Å². The Morgan fingerprint density at radius 3 is 2.38 bits per heavy atom. The molecule has 0 atom stereocenters. The summed E-state index contributed by atoms with van der Waals surface area (Å²) in [6, 6.07) is 10.4. The normalized spacial score (nSPS) is 9.25. The second kappa shape index (κ2) is 11.3. The van der Waals surface area contributed by atoms with Gasteiger partial charge in [-0.1, -0.05) is 36.4 Å². The molecule has 0 heterocycles. The van der Waals surface area contributed by atoms with Gasteiger partial charge >= 0.3 is 30.0 Å². The fraction of sp³-hybridized carbons (Fsp3) is 0.231. The molecule has 0 aliphatic carbocycles. The number of rotatable bonds is 6. The average molecular weight is 332 g/mol. The molecule has 1 nitrogen and oxygen atoms in total. The molecular formula is C13H16BrNZn. The Hall–Kier alpha value is -0.237. The van der Waals surface area contributed by atoms with Gasteiger partial charge in [0.1, 0.15) is 0 Å². The Kier molecular flexibility index (Phi) is 11.1. The molecule has 0 N–H and O–H groups in total. The second-order valence-corrected chi connectivity index (χ2v) is 3.20. The van der Waals surface area contributed by atoms with Crippen LogP contribution in [-0.4, -0.2) is 18.0 Å². The van der Waals surface area contributed by atoms with E-state index in [1.165, 1.54) is 21.9 Å². The van der Waals surface area contributed by atoms with Gasteiger partial charge in [0.05, 0.1) is 0 Å². The summed E-state index contributed by atoms with van der Waals surface area (Å²) < 4.78 is 0. The van der Waals surface area contributed by atoms with E-state index in [0.29, 0.717) is 0 Å². The molecule has 1 aromatic carbocycles. The van der Waals surface area contributed by atoms with Crippen LogP contribution in [0.3, 0.4) is 0 Å². The SMILES string of the molecule is [CH-]=CCN(CC=C)Cc1ccccc1.[Zn+][Br]. The van der Waals surface area contributed by atoms with E-state index in [1.54, 1.807) is 6.08 Å². The Morgan fingerprint density at radius 1 is 1.25 bits per heavy atom. The molecule has 0 spiro atoms. The predicted octanol–water partition coefficient (Wildman–Crippen LogP) is 3.51. The van der Waals surface area contributed by atoms with E-state index < -0.39 is 0 Å². The third kappa shape index (κ3) is 7.11. The molecule has 0 radical (unpaired) electrons. The van der Waals surface area contributed by atoms with Crippen molar-refractivity contribution in [3.8, 4) is 0 Å². The van der Waals surface area contributed by atoms with Crippen molar-refractivity contribution in [3.05, 3.63) is 61.2 Å². The summed E-state index contributed by atoms with van der Waals surface area (Å²) in [5, 5.41) is 0. The fourth-order valence-electron chi connectivity index (χ4n) is 1.38. The first-order chi connectivity index (χ1) is 7.86. The molecule has 0 fully saturated rings. The molecule has 0 saturated heterocycles. The van der Waals surface area contributed by atoms with E-state index in [1.807, 2.05) is 24.3 Å². The van der Waals surface area contributed by atoms with Crippen LogP contribution < -0.4 is 0 Å². The molecule has 1 aromatic rings. The number of nitrogens with zero attached hydrogens (tertiary/aromatic N) is 1. The van der Waals surface area contributed by atoms with Gasteiger partial charge in [-0.3, -0.25) is 11.0 Å². The van der Waals surface area contributed by atoms with E-state index in [0.717, 1.165) is 19.6 Å². The number of hydrogen-bond donors (Lipinski definition) is 0. The van der Waals surface area contributed by atoms with Crippen LogP contribution in [0.2, 0.25) is 0 Å². The van der Waals surface area contributed by atoms with Crippen LogP contribution in [0.5, 0.6) is 0 Å². The van der Waals surface area contributed by atoms with Crippen molar-refractivity contribution in [2.24, 2.45) is 0 Å². The Labute approximate surface area is 115 Å². The maximum absolute atomic E-state index is 5.41. The Morgan fingerprint density at radius 2 is 1.88 bits per heavy atom. The molecule has 0 aliphatic heterocycles. The zero-order chi connectivity index (χ0) is 12.2. The predicted molar refractivity (Wildman–Crippen MR) is 69.7 cm³/mol. The van der Waals surface area contributed by atoms with E-state index in [4.69, 9.17) is 6.58 Å². The molecule has 1 rings (SSSR count). The van der Waals surface area contributed by atoms with Gasteiger partial charge < -0.3 is 6.58 Å². The van der Waals surface area contributed by atoms with Gasteiger partial charge in [-0.2, -0.15) is 0 Å². The summed E-state index contributed by atoms with van der Waals surface area (Å²) >= 11 is 4.25. The van der Waals surface area contributed by atoms with Crippen LogP contribution in [0.4, 0.5) is 0 Å². The number of halogens is 1. The zero-order valence-corrected chi connectivity index (χ0v) is 14.0. The summed E-state index contributed by atoms with van der Waals surface area (Å²) in [5.74, 6) is 0.